The highest BCUT2D eigenvalue weighted by atomic mass is 19.2. The number of rotatable bonds is 6. The Balaban J connectivity index is 0.00000181. The fourth-order valence-electron chi connectivity index (χ4n) is 4.14. The average molecular weight is 452 g/mol. The van der Waals surface area contributed by atoms with Gasteiger partial charge in [-0.25, -0.2) is 13.2 Å². The molecule has 5 nitrogen and oxygen atoms in total. The van der Waals surface area contributed by atoms with Gasteiger partial charge in [0, 0.05) is 19.3 Å². The fourth-order valence-corrected chi connectivity index (χ4v) is 4.14. The van der Waals surface area contributed by atoms with Crippen LogP contribution in [0.25, 0.3) is 0 Å². The maximum Gasteiger partial charge on any atom is 0.246 e. The molecule has 1 saturated carbocycles. The SMILES string of the molecule is C.C.CCN1C(=O)CN(C)c2cc(CC3CC(OCc4cc(F)c(F)c(F)c4)C3)ncc21. The number of pyridine rings is 1. The van der Waals surface area contributed by atoms with Gasteiger partial charge in [0.05, 0.1) is 36.8 Å². The molecular weight excluding hydrogens is 419 g/mol. The average Bonchev–Trinajstić information content (AvgIpc) is 2.68. The lowest BCUT2D eigenvalue weighted by atomic mass is 9.79. The number of aromatic nitrogens is 1. The van der Waals surface area contributed by atoms with E-state index in [2.05, 4.69) is 4.98 Å². The molecule has 0 unspecified atom stereocenters. The summed E-state index contributed by atoms with van der Waals surface area (Å²) in [6.07, 6.45) is 4.26. The van der Waals surface area contributed by atoms with E-state index in [0.717, 1.165) is 48.5 Å². The zero-order valence-corrected chi connectivity index (χ0v) is 17.0. The standard InChI is InChI=1S/C22H24F3N3O2.2CH4/c1-3-28-20-10-26-15(9-19(20)27(2)11-21(28)29)4-13-5-16(6-13)30-12-14-7-17(23)22(25)18(24)8-14;;/h7-10,13,16H,3-6,11-12H2,1-2H3;2*1H4. The van der Waals surface area contributed by atoms with Gasteiger partial charge in [-0.3, -0.25) is 9.78 Å². The van der Waals surface area contributed by atoms with Crippen LogP contribution in [0.1, 0.15) is 45.9 Å². The number of carbonyl (C=O) groups is 1. The van der Waals surface area contributed by atoms with Crippen LogP contribution in [0.5, 0.6) is 0 Å². The highest BCUT2D eigenvalue weighted by Gasteiger charge is 2.32. The van der Waals surface area contributed by atoms with Gasteiger partial charge in [-0.05, 0) is 55.9 Å². The van der Waals surface area contributed by atoms with Gasteiger partial charge in [-0.15, -0.1) is 0 Å². The Morgan fingerprint density at radius 2 is 1.75 bits per heavy atom. The molecule has 1 aromatic carbocycles. The van der Waals surface area contributed by atoms with E-state index >= 15 is 0 Å². The fraction of sp³-hybridized carbons (Fsp3) is 0.500. The first kappa shape index (κ1) is 25.6. The van der Waals surface area contributed by atoms with Gasteiger partial charge in [-0.2, -0.15) is 0 Å². The number of likely N-dealkylation sites (N-methyl/N-ethyl adjacent to an activating group) is 2. The normalized spacial score (nSPS) is 19.6. The number of benzene rings is 1. The summed E-state index contributed by atoms with van der Waals surface area (Å²) >= 11 is 0. The Morgan fingerprint density at radius 3 is 2.38 bits per heavy atom. The quantitative estimate of drug-likeness (QED) is 0.573. The maximum absolute atomic E-state index is 13.3. The van der Waals surface area contributed by atoms with Crippen molar-refractivity contribution in [3.63, 3.8) is 0 Å². The number of nitrogens with zero attached hydrogens (tertiary/aromatic N) is 3. The van der Waals surface area contributed by atoms with Gasteiger partial charge in [0.2, 0.25) is 5.91 Å². The summed E-state index contributed by atoms with van der Waals surface area (Å²) in [5.41, 5.74) is 3.10. The first-order valence-corrected chi connectivity index (χ1v) is 10.1. The van der Waals surface area contributed by atoms with Gasteiger partial charge in [0.25, 0.3) is 0 Å². The van der Waals surface area contributed by atoms with Crippen molar-refractivity contribution in [3.05, 3.63) is 53.1 Å². The van der Waals surface area contributed by atoms with Crippen molar-refractivity contribution >= 4 is 17.3 Å². The minimum atomic E-state index is -1.46. The predicted octanol–water partition coefficient (Wildman–Crippen LogP) is 5.11. The van der Waals surface area contributed by atoms with E-state index in [1.165, 1.54) is 0 Å². The van der Waals surface area contributed by atoms with Crippen LogP contribution in [-0.2, 0) is 22.6 Å². The monoisotopic (exact) mass is 451 g/mol. The molecule has 1 amide bonds. The molecule has 0 bridgehead atoms. The van der Waals surface area contributed by atoms with Gasteiger partial charge < -0.3 is 14.5 Å². The second kappa shape index (κ2) is 10.3. The summed E-state index contributed by atoms with van der Waals surface area (Å²) in [6, 6.07) is 3.97. The number of amides is 1. The Kier molecular flexibility index (Phi) is 8.29. The highest BCUT2D eigenvalue weighted by molar-refractivity contribution is 6.02. The van der Waals surface area contributed by atoms with Gasteiger partial charge >= 0.3 is 0 Å². The maximum atomic E-state index is 13.3. The second-order valence-corrected chi connectivity index (χ2v) is 8.01. The predicted molar refractivity (Wildman–Crippen MR) is 120 cm³/mol. The van der Waals surface area contributed by atoms with E-state index in [-0.39, 0.29) is 39.0 Å². The van der Waals surface area contributed by atoms with Crippen molar-refractivity contribution in [2.24, 2.45) is 5.92 Å². The molecule has 2 heterocycles. The Bertz CT molecular complexity index is 940. The third-order valence-corrected chi connectivity index (χ3v) is 5.83. The first-order valence-electron chi connectivity index (χ1n) is 10.1. The van der Waals surface area contributed by atoms with Gasteiger partial charge in [-0.1, -0.05) is 14.9 Å². The van der Waals surface area contributed by atoms with E-state index in [1.807, 2.05) is 24.9 Å². The van der Waals surface area contributed by atoms with Crippen molar-refractivity contribution in [3.8, 4) is 0 Å². The Labute approximate surface area is 188 Å². The van der Waals surface area contributed by atoms with Crippen molar-refractivity contribution in [2.75, 3.05) is 29.9 Å². The molecule has 0 saturated heterocycles. The number of hydrogen-bond acceptors (Lipinski definition) is 4. The molecule has 1 fully saturated rings. The van der Waals surface area contributed by atoms with Crippen molar-refractivity contribution in [1.29, 1.82) is 0 Å². The van der Waals surface area contributed by atoms with E-state index in [4.69, 9.17) is 4.74 Å². The molecule has 0 atom stereocenters. The number of carbonyl (C=O) groups excluding carboxylic acids is 1. The molecule has 1 aromatic heterocycles. The van der Waals surface area contributed by atoms with Crippen LogP contribution < -0.4 is 9.80 Å². The van der Waals surface area contributed by atoms with Crippen LogP contribution in [0.15, 0.2) is 24.4 Å². The minimum Gasteiger partial charge on any atom is -0.374 e. The zero-order valence-electron chi connectivity index (χ0n) is 17.0. The Morgan fingerprint density at radius 1 is 1.09 bits per heavy atom. The number of fused-ring (bicyclic) bond motifs is 1. The van der Waals surface area contributed by atoms with E-state index in [0.29, 0.717) is 19.0 Å². The largest absolute Gasteiger partial charge is 0.374 e. The molecule has 2 aliphatic rings. The molecule has 1 aliphatic heterocycles. The van der Waals surface area contributed by atoms with E-state index < -0.39 is 17.5 Å². The number of hydrogen-bond donors (Lipinski definition) is 0. The third-order valence-electron chi connectivity index (χ3n) is 5.83. The molecule has 0 radical (unpaired) electrons. The molecule has 2 aromatic rings. The highest BCUT2D eigenvalue weighted by Crippen LogP contribution is 2.36. The minimum absolute atomic E-state index is 0. The third kappa shape index (κ3) is 5.06. The lowest BCUT2D eigenvalue weighted by Gasteiger charge is -2.36. The van der Waals surface area contributed by atoms with Crippen molar-refractivity contribution in [2.45, 2.75) is 53.8 Å². The zero-order chi connectivity index (χ0) is 21.4. The molecule has 1 aliphatic carbocycles. The molecule has 32 heavy (non-hydrogen) atoms. The summed E-state index contributed by atoms with van der Waals surface area (Å²) in [5, 5.41) is 0. The summed E-state index contributed by atoms with van der Waals surface area (Å²) in [4.78, 5) is 20.4. The lowest BCUT2D eigenvalue weighted by molar-refractivity contribution is -0.117. The molecule has 8 heteroatoms. The Hall–Kier alpha value is -2.61. The van der Waals surface area contributed by atoms with Crippen LogP contribution in [0.2, 0.25) is 0 Å². The summed E-state index contributed by atoms with van der Waals surface area (Å²) in [5.74, 6) is -3.38. The summed E-state index contributed by atoms with van der Waals surface area (Å²) in [7, 11) is 1.90. The van der Waals surface area contributed by atoms with Crippen LogP contribution in [0, 0.1) is 23.4 Å². The van der Waals surface area contributed by atoms with Crippen LogP contribution in [0.4, 0.5) is 24.5 Å². The molecule has 176 valence electrons. The number of anilines is 2. The van der Waals surface area contributed by atoms with Gasteiger partial charge in [0.15, 0.2) is 17.5 Å². The lowest BCUT2D eigenvalue weighted by Crippen LogP contribution is -2.44. The molecule has 0 N–H and O–H groups in total. The van der Waals surface area contributed by atoms with Crippen LogP contribution >= 0.6 is 0 Å². The van der Waals surface area contributed by atoms with E-state index in [9.17, 15) is 18.0 Å². The summed E-state index contributed by atoms with van der Waals surface area (Å²) in [6.45, 7) is 2.97. The molecule has 0 spiro atoms. The van der Waals surface area contributed by atoms with Crippen molar-refractivity contribution < 1.29 is 22.7 Å². The second-order valence-electron chi connectivity index (χ2n) is 8.01. The van der Waals surface area contributed by atoms with E-state index in [1.54, 1.807) is 11.1 Å². The van der Waals surface area contributed by atoms with Gasteiger partial charge in [0.1, 0.15) is 0 Å². The topological polar surface area (TPSA) is 45.7 Å². The van der Waals surface area contributed by atoms with Crippen LogP contribution in [0.3, 0.4) is 0 Å². The molecule has 4 rings (SSSR count). The smallest absolute Gasteiger partial charge is 0.246 e. The number of ether oxygens (including phenoxy) is 1. The first-order chi connectivity index (χ1) is 14.4. The van der Waals surface area contributed by atoms with Crippen LogP contribution in [-0.4, -0.2) is 37.1 Å². The molecular formula is C24H32F3N3O2. The summed E-state index contributed by atoms with van der Waals surface area (Å²) < 4.78 is 45.3. The van der Waals surface area contributed by atoms with Crippen molar-refractivity contribution in [1.82, 2.24) is 4.98 Å². The number of halogens is 3.